The second kappa shape index (κ2) is 8.89. The van der Waals surface area contributed by atoms with Crippen LogP contribution in [0, 0.1) is 6.92 Å². The molecule has 0 aliphatic carbocycles. The topological polar surface area (TPSA) is 37.8 Å². The Hall–Kier alpha value is -0.130. The van der Waals surface area contributed by atoms with Gasteiger partial charge in [0.05, 0.1) is 0 Å². The standard InChI is InChI=1S/C12H23N3S2/c1-4-5-6-7-10(2)13-8-9-16-12-14-11(3)15-17-12/h10,13H,4-9H2,1-3H3. The molecule has 0 aromatic carbocycles. The first-order chi connectivity index (χ1) is 8.22. The molecule has 0 saturated heterocycles. The van der Waals surface area contributed by atoms with E-state index < -0.39 is 0 Å². The highest BCUT2D eigenvalue weighted by Gasteiger charge is 2.02. The van der Waals surface area contributed by atoms with E-state index in [2.05, 4.69) is 28.5 Å². The molecule has 0 amide bonds. The van der Waals surface area contributed by atoms with Crippen molar-refractivity contribution in [3.63, 3.8) is 0 Å². The van der Waals surface area contributed by atoms with Gasteiger partial charge in [0.15, 0.2) is 4.34 Å². The fourth-order valence-electron chi connectivity index (χ4n) is 1.58. The average molecular weight is 273 g/mol. The molecule has 0 aliphatic heterocycles. The van der Waals surface area contributed by atoms with Crippen LogP contribution in [0.1, 0.15) is 45.4 Å². The van der Waals surface area contributed by atoms with Crippen LogP contribution in [0.3, 0.4) is 0 Å². The first kappa shape index (κ1) is 14.9. The smallest absolute Gasteiger partial charge is 0.170 e. The van der Waals surface area contributed by atoms with Crippen molar-refractivity contribution in [3.8, 4) is 0 Å². The predicted octanol–water partition coefficient (Wildman–Crippen LogP) is 3.50. The molecule has 0 saturated carbocycles. The summed E-state index contributed by atoms with van der Waals surface area (Å²) in [6.07, 6.45) is 5.29. The summed E-state index contributed by atoms with van der Waals surface area (Å²) in [7, 11) is 0. The summed E-state index contributed by atoms with van der Waals surface area (Å²) in [5.74, 6) is 1.96. The van der Waals surface area contributed by atoms with Crippen molar-refractivity contribution in [3.05, 3.63) is 5.82 Å². The number of rotatable bonds is 9. The van der Waals surface area contributed by atoms with Gasteiger partial charge in [-0.1, -0.05) is 37.9 Å². The fraction of sp³-hybridized carbons (Fsp3) is 0.833. The Morgan fingerprint density at radius 3 is 2.88 bits per heavy atom. The number of aromatic nitrogens is 2. The lowest BCUT2D eigenvalue weighted by Gasteiger charge is -2.12. The van der Waals surface area contributed by atoms with E-state index in [1.165, 1.54) is 37.2 Å². The lowest BCUT2D eigenvalue weighted by atomic mass is 10.1. The second-order valence-electron chi connectivity index (χ2n) is 4.31. The number of nitrogens with one attached hydrogen (secondary N) is 1. The normalized spacial score (nSPS) is 12.9. The van der Waals surface area contributed by atoms with Gasteiger partial charge in [-0.05, 0) is 31.8 Å². The van der Waals surface area contributed by atoms with Crippen LogP contribution in [0.5, 0.6) is 0 Å². The predicted molar refractivity (Wildman–Crippen MR) is 77.0 cm³/mol. The van der Waals surface area contributed by atoms with E-state index in [1.54, 1.807) is 11.8 Å². The van der Waals surface area contributed by atoms with Gasteiger partial charge in [0.25, 0.3) is 0 Å². The number of hydrogen-bond acceptors (Lipinski definition) is 5. The van der Waals surface area contributed by atoms with E-state index in [0.29, 0.717) is 6.04 Å². The maximum atomic E-state index is 4.33. The van der Waals surface area contributed by atoms with Crippen molar-refractivity contribution in [1.82, 2.24) is 14.7 Å². The van der Waals surface area contributed by atoms with Gasteiger partial charge in [0, 0.05) is 18.3 Å². The van der Waals surface area contributed by atoms with Gasteiger partial charge < -0.3 is 5.32 Å². The molecule has 1 N–H and O–H groups in total. The van der Waals surface area contributed by atoms with Crippen LogP contribution < -0.4 is 5.32 Å². The summed E-state index contributed by atoms with van der Waals surface area (Å²) >= 11 is 3.29. The van der Waals surface area contributed by atoms with Crippen LogP contribution in [0.25, 0.3) is 0 Å². The summed E-state index contributed by atoms with van der Waals surface area (Å²) in [4.78, 5) is 4.33. The highest BCUT2D eigenvalue weighted by molar-refractivity contribution is 8.00. The molecule has 0 fully saturated rings. The molecule has 1 atom stereocenters. The minimum atomic E-state index is 0.637. The zero-order valence-electron chi connectivity index (χ0n) is 11.0. The SMILES string of the molecule is CCCCCC(C)NCCSc1nc(C)ns1. The van der Waals surface area contributed by atoms with Crippen LogP contribution in [0.4, 0.5) is 0 Å². The lowest BCUT2D eigenvalue weighted by molar-refractivity contribution is 0.502. The zero-order valence-corrected chi connectivity index (χ0v) is 12.7. The first-order valence-electron chi connectivity index (χ1n) is 6.39. The zero-order chi connectivity index (χ0) is 12.5. The third-order valence-electron chi connectivity index (χ3n) is 2.57. The van der Waals surface area contributed by atoms with E-state index in [4.69, 9.17) is 0 Å². The number of nitrogens with zero attached hydrogens (tertiary/aromatic N) is 2. The number of thioether (sulfide) groups is 1. The Morgan fingerprint density at radius 1 is 1.41 bits per heavy atom. The molecular weight excluding hydrogens is 250 g/mol. The molecule has 5 heteroatoms. The molecule has 17 heavy (non-hydrogen) atoms. The molecule has 0 aliphatic rings. The number of hydrogen-bond donors (Lipinski definition) is 1. The molecule has 1 unspecified atom stereocenters. The Balaban J connectivity index is 2.00. The molecule has 1 heterocycles. The molecule has 1 aromatic heterocycles. The Kier molecular flexibility index (Phi) is 7.81. The van der Waals surface area contributed by atoms with Gasteiger partial charge in [-0.15, -0.1) is 0 Å². The highest BCUT2D eigenvalue weighted by atomic mass is 32.2. The summed E-state index contributed by atoms with van der Waals surface area (Å²) in [5, 5.41) is 3.55. The average Bonchev–Trinajstić information content (AvgIpc) is 2.71. The van der Waals surface area contributed by atoms with Crippen LogP contribution in [0.2, 0.25) is 0 Å². The minimum Gasteiger partial charge on any atom is -0.313 e. The Labute approximate surface area is 113 Å². The highest BCUT2D eigenvalue weighted by Crippen LogP contribution is 2.18. The summed E-state index contributed by atoms with van der Waals surface area (Å²) in [6, 6.07) is 0.637. The maximum Gasteiger partial charge on any atom is 0.170 e. The van der Waals surface area contributed by atoms with E-state index in [1.807, 2.05) is 6.92 Å². The van der Waals surface area contributed by atoms with E-state index in [0.717, 1.165) is 22.5 Å². The Bertz CT molecular complexity index is 302. The van der Waals surface area contributed by atoms with E-state index in [-0.39, 0.29) is 0 Å². The number of aryl methyl sites for hydroxylation is 1. The molecule has 0 bridgehead atoms. The van der Waals surface area contributed by atoms with Gasteiger partial charge >= 0.3 is 0 Å². The fourth-order valence-corrected chi connectivity index (χ4v) is 3.17. The van der Waals surface area contributed by atoms with Crippen molar-refractivity contribution < 1.29 is 0 Å². The third kappa shape index (κ3) is 7.01. The molecule has 1 rings (SSSR count). The quantitative estimate of drug-likeness (QED) is 0.552. The minimum absolute atomic E-state index is 0.637. The van der Waals surface area contributed by atoms with Crippen LogP contribution in [-0.4, -0.2) is 27.7 Å². The Morgan fingerprint density at radius 2 is 2.24 bits per heavy atom. The van der Waals surface area contributed by atoms with Gasteiger partial charge in [0.2, 0.25) is 0 Å². The van der Waals surface area contributed by atoms with Crippen molar-refractivity contribution >= 4 is 23.3 Å². The van der Waals surface area contributed by atoms with Crippen molar-refractivity contribution in [2.45, 2.75) is 56.8 Å². The molecule has 98 valence electrons. The molecular formula is C12H23N3S2. The summed E-state index contributed by atoms with van der Waals surface area (Å²) in [6.45, 7) is 7.51. The third-order valence-corrected chi connectivity index (χ3v) is 4.50. The van der Waals surface area contributed by atoms with Crippen LogP contribution in [0.15, 0.2) is 4.34 Å². The first-order valence-corrected chi connectivity index (χ1v) is 8.14. The second-order valence-corrected chi connectivity index (χ2v) is 6.40. The van der Waals surface area contributed by atoms with Crippen molar-refractivity contribution in [2.24, 2.45) is 0 Å². The molecule has 3 nitrogen and oxygen atoms in total. The lowest BCUT2D eigenvalue weighted by Crippen LogP contribution is -2.28. The van der Waals surface area contributed by atoms with E-state index in [9.17, 15) is 0 Å². The van der Waals surface area contributed by atoms with Gasteiger partial charge in [0.1, 0.15) is 5.82 Å². The number of unbranched alkanes of at least 4 members (excludes halogenated alkanes) is 2. The molecule has 0 spiro atoms. The van der Waals surface area contributed by atoms with Gasteiger partial charge in [-0.3, -0.25) is 0 Å². The summed E-state index contributed by atoms with van der Waals surface area (Å²) in [5.41, 5.74) is 0. The van der Waals surface area contributed by atoms with Crippen LogP contribution in [-0.2, 0) is 0 Å². The maximum absolute atomic E-state index is 4.33. The summed E-state index contributed by atoms with van der Waals surface area (Å²) < 4.78 is 5.26. The largest absolute Gasteiger partial charge is 0.313 e. The van der Waals surface area contributed by atoms with Gasteiger partial charge in [-0.2, -0.15) is 4.37 Å². The molecule has 1 aromatic rings. The van der Waals surface area contributed by atoms with Gasteiger partial charge in [-0.25, -0.2) is 4.98 Å². The monoisotopic (exact) mass is 273 g/mol. The van der Waals surface area contributed by atoms with Crippen molar-refractivity contribution in [1.29, 1.82) is 0 Å². The molecule has 0 radical (unpaired) electrons. The van der Waals surface area contributed by atoms with Crippen molar-refractivity contribution in [2.75, 3.05) is 12.3 Å². The van der Waals surface area contributed by atoms with E-state index >= 15 is 0 Å². The van der Waals surface area contributed by atoms with Crippen LogP contribution >= 0.6 is 23.3 Å².